The summed E-state index contributed by atoms with van der Waals surface area (Å²) in [6, 6.07) is 2.50. The number of rotatable bonds is 7. The minimum atomic E-state index is -3.92. The number of benzene rings is 1. The number of carbonyl (C=O) groups is 2. The Kier molecular flexibility index (Phi) is 7.24. The van der Waals surface area contributed by atoms with Gasteiger partial charge in [-0.15, -0.1) is 0 Å². The average molecular weight is 373 g/mol. The second-order valence-corrected chi connectivity index (χ2v) is 7.18. The van der Waals surface area contributed by atoms with Crippen LogP contribution < -0.4 is 5.32 Å². The third-order valence-electron chi connectivity index (χ3n) is 3.67. The van der Waals surface area contributed by atoms with E-state index in [4.69, 9.17) is 4.74 Å². The zero-order valence-corrected chi connectivity index (χ0v) is 15.8. The summed E-state index contributed by atoms with van der Waals surface area (Å²) < 4.78 is 48.5. The first-order valence-electron chi connectivity index (χ1n) is 8.59. The number of alkyl halides is 2. The zero-order chi connectivity index (χ0) is 20.1. The van der Waals surface area contributed by atoms with Crippen molar-refractivity contribution in [2.24, 2.45) is 0 Å². The van der Waals surface area contributed by atoms with Crippen LogP contribution in [0.25, 0.3) is 0 Å². The maximum absolute atomic E-state index is 14.7. The normalized spacial score (nSPS) is 13.2. The molecule has 0 heterocycles. The molecule has 7 heteroatoms. The first kappa shape index (κ1) is 22.0. The molecule has 4 nitrogen and oxygen atoms in total. The lowest BCUT2D eigenvalue weighted by molar-refractivity contribution is -0.145. The second kappa shape index (κ2) is 8.56. The van der Waals surface area contributed by atoms with Gasteiger partial charge < -0.3 is 10.1 Å². The Morgan fingerprint density at radius 1 is 1.23 bits per heavy atom. The van der Waals surface area contributed by atoms with Crippen LogP contribution in [0.4, 0.5) is 18.0 Å². The highest BCUT2D eigenvalue weighted by Gasteiger charge is 2.42. The highest BCUT2D eigenvalue weighted by atomic mass is 19.3. The van der Waals surface area contributed by atoms with Gasteiger partial charge in [0, 0.05) is 12.0 Å². The molecule has 1 N–H and O–H groups in total. The third-order valence-corrected chi connectivity index (χ3v) is 3.67. The Labute approximate surface area is 152 Å². The molecule has 146 valence electrons. The van der Waals surface area contributed by atoms with Crippen molar-refractivity contribution < 1.29 is 27.5 Å². The van der Waals surface area contributed by atoms with Crippen LogP contribution in [0.5, 0.6) is 0 Å². The Morgan fingerprint density at radius 3 is 2.38 bits per heavy atom. The van der Waals surface area contributed by atoms with Gasteiger partial charge in [-0.2, -0.15) is 8.78 Å². The number of Topliss-reactive ketones (excluding diaryl/α,β-unsaturated/α-hetero) is 1. The van der Waals surface area contributed by atoms with Gasteiger partial charge >= 0.3 is 12.0 Å². The summed E-state index contributed by atoms with van der Waals surface area (Å²) >= 11 is 0. The van der Waals surface area contributed by atoms with Crippen LogP contribution in [0, 0.1) is 5.82 Å². The summed E-state index contributed by atoms with van der Waals surface area (Å²) in [4.78, 5) is 23.6. The fourth-order valence-electron chi connectivity index (χ4n) is 2.33. The lowest BCUT2D eigenvalue weighted by atomic mass is 9.96. The van der Waals surface area contributed by atoms with Gasteiger partial charge in [0.1, 0.15) is 11.4 Å². The Morgan fingerprint density at radius 2 is 1.85 bits per heavy atom. The fourth-order valence-corrected chi connectivity index (χ4v) is 2.33. The van der Waals surface area contributed by atoms with E-state index in [9.17, 15) is 22.8 Å². The van der Waals surface area contributed by atoms with E-state index in [0.29, 0.717) is 12.8 Å². The molecule has 0 aliphatic heterocycles. The molecular weight excluding hydrogens is 347 g/mol. The van der Waals surface area contributed by atoms with Gasteiger partial charge in [0.05, 0.1) is 11.6 Å². The molecular formula is C19H26F3NO3. The molecule has 1 amide bonds. The van der Waals surface area contributed by atoms with Gasteiger partial charge in [-0.05, 0) is 40.2 Å². The third kappa shape index (κ3) is 5.75. The molecule has 26 heavy (non-hydrogen) atoms. The molecule has 1 aromatic rings. The number of amides is 1. The topological polar surface area (TPSA) is 55.4 Å². The lowest BCUT2D eigenvalue weighted by Crippen LogP contribution is -2.34. The van der Waals surface area contributed by atoms with Gasteiger partial charge in [0.25, 0.3) is 0 Å². The number of ether oxygens (including phenoxy) is 1. The highest BCUT2D eigenvalue weighted by molar-refractivity contribution is 5.87. The largest absolute Gasteiger partial charge is 0.444 e. The number of unbranched alkanes of at least 4 members (excludes halogenated alkanes) is 1. The van der Waals surface area contributed by atoms with E-state index in [2.05, 4.69) is 5.32 Å². The van der Waals surface area contributed by atoms with E-state index in [1.807, 2.05) is 0 Å². The predicted molar refractivity (Wildman–Crippen MR) is 92.6 cm³/mol. The summed E-state index contributed by atoms with van der Waals surface area (Å²) in [7, 11) is 0. The van der Waals surface area contributed by atoms with Crippen LogP contribution in [0.2, 0.25) is 0 Å². The molecule has 0 radical (unpaired) electrons. The Balaban J connectivity index is 3.05. The molecule has 1 rings (SSSR count). The number of ketones is 1. The van der Waals surface area contributed by atoms with Gasteiger partial charge in [0.15, 0.2) is 0 Å². The molecule has 1 unspecified atom stereocenters. The van der Waals surface area contributed by atoms with Crippen molar-refractivity contribution in [3.8, 4) is 0 Å². The molecule has 1 atom stereocenters. The van der Waals surface area contributed by atoms with Crippen molar-refractivity contribution in [2.75, 3.05) is 0 Å². The first-order valence-corrected chi connectivity index (χ1v) is 8.59. The van der Waals surface area contributed by atoms with Crippen LogP contribution in [0.3, 0.4) is 0 Å². The average Bonchev–Trinajstić information content (AvgIpc) is 2.50. The molecule has 0 fully saturated rings. The maximum Gasteiger partial charge on any atom is 0.408 e. The van der Waals surface area contributed by atoms with E-state index in [1.165, 1.54) is 19.1 Å². The minimum absolute atomic E-state index is 0.142. The van der Waals surface area contributed by atoms with Gasteiger partial charge in [-0.1, -0.05) is 25.5 Å². The number of hydrogen-bond donors (Lipinski definition) is 1. The van der Waals surface area contributed by atoms with Crippen molar-refractivity contribution >= 4 is 11.9 Å². The standard InChI is InChI=1S/C19H26F3NO3/c1-6-7-11-15(24)19(21,22)14-10-8-9-13(16(14)20)12(2)23-17(25)26-18(3,4)5/h8-10,12H,6-7,11H2,1-5H3,(H,23,25). The van der Waals surface area contributed by atoms with E-state index in [1.54, 1.807) is 27.7 Å². The van der Waals surface area contributed by atoms with Crippen LogP contribution in [-0.2, 0) is 15.5 Å². The molecule has 0 bridgehead atoms. The van der Waals surface area contributed by atoms with Crippen molar-refractivity contribution in [1.29, 1.82) is 0 Å². The summed E-state index contributed by atoms with van der Waals surface area (Å²) in [6.45, 7) is 8.22. The van der Waals surface area contributed by atoms with Crippen LogP contribution >= 0.6 is 0 Å². The number of alkyl carbamates (subject to hydrolysis) is 1. The Bertz CT molecular complexity index is 654. The Hall–Kier alpha value is -2.05. The molecule has 0 aliphatic rings. The van der Waals surface area contributed by atoms with Crippen molar-refractivity contribution in [2.45, 2.75) is 71.4 Å². The van der Waals surface area contributed by atoms with E-state index >= 15 is 0 Å². The van der Waals surface area contributed by atoms with Gasteiger partial charge in [0.2, 0.25) is 5.78 Å². The van der Waals surface area contributed by atoms with Crippen molar-refractivity contribution in [3.63, 3.8) is 0 Å². The van der Waals surface area contributed by atoms with Crippen LogP contribution in [-0.4, -0.2) is 17.5 Å². The van der Waals surface area contributed by atoms with Crippen LogP contribution in [0.1, 0.15) is 71.0 Å². The predicted octanol–water partition coefficient (Wildman–Crippen LogP) is 5.26. The van der Waals surface area contributed by atoms with Crippen molar-refractivity contribution in [1.82, 2.24) is 5.32 Å². The number of hydrogen-bond acceptors (Lipinski definition) is 3. The van der Waals surface area contributed by atoms with E-state index in [-0.39, 0.29) is 12.0 Å². The molecule has 0 spiro atoms. The monoisotopic (exact) mass is 373 g/mol. The number of nitrogens with one attached hydrogen (secondary N) is 1. The smallest absolute Gasteiger partial charge is 0.408 e. The number of carbonyl (C=O) groups excluding carboxylic acids is 2. The molecule has 0 saturated carbocycles. The number of halogens is 3. The zero-order valence-electron chi connectivity index (χ0n) is 15.8. The summed E-state index contributed by atoms with van der Waals surface area (Å²) in [5, 5.41) is 2.40. The SMILES string of the molecule is CCCCC(=O)C(F)(F)c1cccc(C(C)NC(=O)OC(C)(C)C)c1F. The van der Waals surface area contributed by atoms with Gasteiger partial charge in [-0.25, -0.2) is 9.18 Å². The molecule has 0 saturated heterocycles. The molecule has 0 aliphatic carbocycles. The molecule has 1 aromatic carbocycles. The van der Waals surface area contributed by atoms with Crippen molar-refractivity contribution in [3.05, 3.63) is 35.1 Å². The minimum Gasteiger partial charge on any atom is -0.444 e. The van der Waals surface area contributed by atoms with Crippen LogP contribution in [0.15, 0.2) is 18.2 Å². The first-order chi connectivity index (χ1) is 11.9. The molecule has 0 aromatic heterocycles. The quantitative estimate of drug-likeness (QED) is 0.709. The summed E-state index contributed by atoms with van der Waals surface area (Å²) in [5.41, 5.74) is -1.87. The lowest BCUT2D eigenvalue weighted by Gasteiger charge is -2.23. The van der Waals surface area contributed by atoms with E-state index < -0.39 is 40.8 Å². The summed E-state index contributed by atoms with van der Waals surface area (Å²) in [6.07, 6.45) is -0.215. The maximum atomic E-state index is 14.7. The van der Waals surface area contributed by atoms with E-state index in [0.717, 1.165) is 6.07 Å². The fraction of sp³-hybridized carbons (Fsp3) is 0.579. The summed E-state index contributed by atoms with van der Waals surface area (Å²) in [5.74, 6) is -6.44. The highest BCUT2D eigenvalue weighted by Crippen LogP contribution is 2.35. The second-order valence-electron chi connectivity index (χ2n) is 7.18. The van der Waals surface area contributed by atoms with Gasteiger partial charge in [-0.3, -0.25) is 4.79 Å².